The van der Waals surface area contributed by atoms with Crippen LogP contribution < -0.4 is 19.3 Å². The maximum absolute atomic E-state index is 14.0. The predicted molar refractivity (Wildman–Crippen MR) is 138 cm³/mol. The largest absolute Gasteiger partial charge is 0.454 e. The molecule has 4 aliphatic heterocycles. The van der Waals surface area contributed by atoms with Gasteiger partial charge in [0, 0.05) is 27.9 Å². The van der Waals surface area contributed by atoms with Crippen molar-refractivity contribution in [2.75, 3.05) is 16.6 Å². The van der Waals surface area contributed by atoms with Gasteiger partial charge in [-0.05, 0) is 42.8 Å². The van der Waals surface area contributed by atoms with E-state index < -0.39 is 23.9 Å². The summed E-state index contributed by atoms with van der Waals surface area (Å²) < 4.78 is 10.9. The molecule has 7 nitrogen and oxygen atoms in total. The summed E-state index contributed by atoms with van der Waals surface area (Å²) >= 11 is 6.30. The summed E-state index contributed by atoms with van der Waals surface area (Å²) in [6.45, 7) is 2.05. The number of hydrogen-bond acceptors (Lipinski definition) is 6. The van der Waals surface area contributed by atoms with Crippen molar-refractivity contribution < 1.29 is 23.9 Å². The van der Waals surface area contributed by atoms with E-state index in [4.69, 9.17) is 21.1 Å². The van der Waals surface area contributed by atoms with Gasteiger partial charge >= 0.3 is 0 Å². The molecule has 7 rings (SSSR count). The molecule has 0 spiro atoms. The third-order valence-corrected chi connectivity index (χ3v) is 7.99. The fourth-order valence-corrected chi connectivity index (χ4v) is 6.34. The van der Waals surface area contributed by atoms with Gasteiger partial charge in [-0.25, -0.2) is 4.90 Å². The SMILES string of the molecule is CC1=C[C@@H]2[C@@H]3C(=O)N(c4ccc5c(c4)OCO5)C(=O)[C@H]3[C@H](C(=O)c3ccccc3)N2c2ccc(Cl)cc21. The highest BCUT2D eigenvalue weighted by atomic mass is 35.5. The average Bonchev–Trinajstić information content (AvgIpc) is 3.57. The predicted octanol–water partition coefficient (Wildman–Crippen LogP) is 4.73. The van der Waals surface area contributed by atoms with Gasteiger partial charge in [0.1, 0.15) is 6.04 Å². The number of nitrogens with zero attached hydrogens (tertiary/aromatic N) is 2. The van der Waals surface area contributed by atoms with Crippen LogP contribution in [0.3, 0.4) is 0 Å². The summed E-state index contributed by atoms with van der Waals surface area (Å²) in [6.07, 6.45) is 1.99. The van der Waals surface area contributed by atoms with E-state index in [2.05, 4.69) is 0 Å². The van der Waals surface area contributed by atoms with Gasteiger partial charge in [-0.2, -0.15) is 0 Å². The van der Waals surface area contributed by atoms with Gasteiger partial charge in [0.25, 0.3) is 0 Å². The van der Waals surface area contributed by atoms with Crippen molar-refractivity contribution in [1.29, 1.82) is 0 Å². The molecule has 0 saturated carbocycles. The topological polar surface area (TPSA) is 76.1 Å². The minimum atomic E-state index is -0.850. The lowest BCUT2D eigenvalue weighted by Gasteiger charge is -2.38. The van der Waals surface area contributed by atoms with Gasteiger partial charge in [0.05, 0.1) is 23.6 Å². The highest BCUT2D eigenvalue weighted by Gasteiger charge is 2.64. The van der Waals surface area contributed by atoms with E-state index in [1.54, 1.807) is 48.5 Å². The van der Waals surface area contributed by atoms with Gasteiger partial charge in [0.2, 0.25) is 18.6 Å². The summed E-state index contributed by atoms with van der Waals surface area (Å²) in [5.41, 5.74) is 3.55. The summed E-state index contributed by atoms with van der Waals surface area (Å²) in [6, 6.07) is 18.1. The first-order valence-electron chi connectivity index (χ1n) is 12.1. The number of benzene rings is 3. The Kier molecular flexibility index (Phi) is 4.75. The van der Waals surface area contributed by atoms with E-state index >= 15 is 0 Å². The Hall–Kier alpha value is -4.10. The molecule has 2 fully saturated rings. The smallest absolute Gasteiger partial charge is 0.240 e. The number of anilines is 2. The van der Waals surface area contributed by atoms with Crippen molar-refractivity contribution in [2.45, 2.75) is 19.0 Å². The first-order valence-corrected chi connectivity index (χ1v) is 12.5. The Morgan fingerprint density at radius 3 is 2.49 bits per heavy atom. The normalized spacial score (nSPS) is 25.1. The maximum atomic E-state index is 14.0. The zero-order chi connectivity index (χ0) is 25.4. The molecule has 0 aliphatic carbocycles. The number of carbonyl (C=O) groups excluding carboxylic acids is 3. The molecule has 0 N–H and O–H groups in total. The molecule has 8 heteroatoms. The molecule has 0 radical (unpaired) electrons. The van der Waals surface area contributed by atoms with E-state index in [1.807, 2.05) is 36.1 Å². The number of amides is 2. The van der Waals surface area contributed by atoms with Gasteiger partial charge < -0.3 is 14.4 Å². The quantitative estimate of drug-likeness (QED) is 0.373. The van der Waals surface area contributed by atoms with Crippen LogP contribution in [-0.4, -0.2) is 36.5 Å². The van der Waals surface area contributed by atoms with Crippen LogP contribution in [0.25, 0.3) is 5.57 Å². The van der Waals surface area contributed by atoms with Gasteiger partial charge in [-0.1, -0.05) is 48.0 Å². The van der Waals surface area contributed by atoms with Gasteiger partial charge in [-0.3, -0.25) is 14.4 Å². The molecule has 0 bridgehead atoms. The lowest BCUT2D eigenvalue weighted by Crippen LogP contribution is -2.49. The first kappa shape index (κ1) is 22.1. The van der Waals surface area contributed by atoms with E-state index in [-0.39, 0.29) is 24.4 Å². The van der Waals surface area contributed by atoms with E-state index in [0.29, 0.717) is 27.8 Å². The van der Waals surface area contributed by atoms with Crippen LogP contribution >= 0.6 is 11.6 Å². The second kappa shape index (κ2) is 7.95. The fraction of sp³-hybridized carbons (Fsp3) is 0.207. The van der Waals surface area contributed by atoms with Crippen LogP contribution in [0.1, 0.15) is 22.8 Å². The standard InChI is InChI=1S/C29H21ClN2O5/c1-15-11-21-24-25(29(35)31(28(24)34)18-8-10-22-23(13-18)37-14-36-22)26(27(33)16-5-3-2-4-6-16)32(21)20-9-7-17(30)12-19(15)20/h2-13,21,24-26H,14H2,1H3/t21-,24+,25-,26-/m1/s1. The summed E-state index contributed by atoms with van der Waals surface area (Å²) in [5.74, 6) is -1.43. The molecule has 4 aliphatic rings. The Balaban J connectivity index is 1.38. The number of allylic oxidation sites excluding steroid dienone is 1. The van der Waals surface area contributed by atoms with Crippen LogP contribution in [0, 0.1) is 11.8 Å². The molecule has 4 atom stereocenters. The van der Waals surface area contributed by atoms with Gasteiger partial charge in [0.15, 0.2) is 17.3 Å². The lowest BCUT2D eigenvalue weighted by molar-refractivity contribution is -0.122. The van der Waals surface area contributed by atoms with Crippen LogP contribution in [0.4, 0.5) is 11.4 Å². The molecule has 3 aromatic rings. The number of imide groups is 1. The summed E-state index contributed by atoms with van der Waals surface area (Å²) in [7, 11) is 0. The van der Waals surface area contributed by atoms with Crippen LogP contribution in [0.15, 0.2) is 72.8 Å². The highest BCUT2D eigenvalue weighted by molar-refractivity contribution is 6.31. The zero-order valence-corrected chi connectivity index (χ0v) is 20.5. The van der Waals surface area contributed by atoms with Crippen LogP contribution in [-0.2, 0) is 9.59 Å². The zero-order valence-electron chi connectivity index (χ0n) is 19.8. The average molecular weight is 513 g/mol. The molecule has 184 valence electrons. The third-order valence-electron chi connectivity index (χ3n) is 7.75. The maximum Gasteiger partial charge on any atom is 0.240 e. The third kappa shape index (κ3) is 3.10. The van der Waals surface area contributed by atoms with Crippen molar-refractivity contribution >= 4 is 46.1 Å². The number of hydrogen-bond donors (Lipinski definition) is 0. The minimum absolute atomic E-state index is 0.0874. The van der Waals surface area contributed by atoms with Crippen molar-refractivity contribution in [3.8, 4) is 11.5 Å². The molecule has 2 amide bonds. The number of ketones is 1. The molecule has 0 aromatic heterocycles. The second-order valence-electron chi connectivity index (χ2n) is 9.69. The van der Waals surface area contributed by atoms with Crippen LogP contribution in [0.5, 0.6) is 11.5 Å². The molecular formula is C29H21ClN2O5. The highest BCUT2D eigenvalue weighted by Crippen LogP contribution is 2.52. The van der Waals surface area contributed by atoms with Crippen molar-refractivity contribution in [1.82, 2.24) is 0 Å². The molecule has 0 unspecified atom stereocenters. The van der Waals surface area contributed by atoms with Crippen LogP contribution in [0.2, 0.25) is 5.02 Å². The molecular weight excluding hydrogens is 492 g/mol. The molecule has 3 aromatic carbocycles. The number of rotatable bonds is 3. The molecule has 37 heavy (non-hydrogen) atoms. The molecule has 4 heterocycles. The molecule has 2 saturated heterocycles. The number of fused-ring (bicyclic) bond motifs is 6. The van der Waals surface area contributed by atoms with Crippen molar-refractivity contribution in [3.05, 3.63) is 89.0 Å². The summed E-state index contributed by atoms with van der Waals surface area (Å²) in [4.78, 5) is 45.2. The number of Topliss-reactive ketones (excluding diaryl/α,β-unsaturated/α-hetero) is 1. The van der Waals surface area contributed by atoms with Crippen molar-refractivity contribution in [3.63, 3.8) is 0 Å². The Bertz CT molecular complexity index is 1530. The van der Waals surface area contributed by atoms with E-state index in [9.17, 15) is 14.4 Å². The Morgan fingerprint density at radius 2 is 1.68 bits per heavy atom. The monoisotopic (exact) mass is 512 g/mol. The van der Waals surface area contributed by atoms with E-state index in [1.165, 1.54) is 4.90 Å². The van der Waals surface area contributed by atoms with Crippen molar-refractivity contribution in [2.24, 2.45) is 11.8 Å². The summed E-state index contributed by atoms with van der Waals surface area (Å²) in [5, 5.41) is 0.580. The fourth-order valence-electron chi connectivity index (χ4n) is 6.17. The Labute approximate surface area is 217 Å². The number of halogens is 1. The first-order chi connectivity index (χ1) is 17.9. The second-order valence-corrected chi connectivity index (χ2v) is 10.1. The Morgan fingerprint density at radius 1 is 0.919 bits per heavy atom. The van der Waals surface area contributed by atoms with E-state index in [0.717, 1.165) is 16.8 Å². The van der Waals surface area contributed by atoms with Gasteiger partial charge in [-0.15, -0.1) is 0 Å². The number of carbonyl (C=O) groups is 3. The minimum Gasteiger partial charge on any atom is -0.454 e. The lowest BCUT2D eigenvalue weighted by atomic mass is 9.85. The number of ether oxygens (including phenoxy) is 2.